The Morgan fingerprint density at radius 1 is 1.00 bits per heavy atom. The molecule has 2 nitrogen and oxygen atoms in total. The van der Waals surface area contributed by atoms with Gasteiger partial charge in [-0.15, -0.1) is 0 Å². The lowest BCUT2D eigenvalue weighted by molar-refractivity contribution is -0.138. The minimum Gasteiger partial charge on any atom is -0.342 e. The maximum Gasteiger partial charge on any atom is 0.222 e. The van der Waals surface area contributed by atoms with Crippen molar-refractivity contribution >= 4 is 5.91 Å². The van der Waals surface area contributed by atoms with E-state index in [4.69, 9.17) is 0 Å². The van der Waals surface area contributed by atoms with Crippen LogP contribution in [0, 0.1) is 13.8 Å². The highest BCUT2D eigenvalue weighted by atomic mass is 16.2. The summed E-state index contributed by atoms with van der Waals surface area (Å²) >= 11 is 0. The lowest BCUT2D eigenvalue weighted by atomic mass is 9.63. The molecule has 0 spiro atoms. The molecule has 2 aromatic carbocycles. The van der Waals surface area contributed by atoms with Gasteiger partial charge >= 0.3 is 0 Å². The van der Waals surface area contributed by atoms with Crippen LogP contribution in [0.5, 0.6) is 0 Å². The van der Waals surface area contributed by atoms with Gasteiger partial charge in [0.05, 0.1) is 0 Å². The van der Waals surface area contributed by atoms with Crippen molar-refractivity contribution in [3.05, 3.63) is 58.7 Å². The lowest BCUT2D eigenvalue weighted by Crippen LogP contribution is -2.56. The molecule has 1 aliphatic heterocycles. The van der Waals surface area contributed by atoms with Gasteiger partial charge in [0.2, 0.25) is 5.91 Å². The summed E-state index contributed by atoms with van der Waals surface area (Å²) in [5.41, 5.74) is 8.27. The fourth-order valence-corrected chi connectivity index (χ4v) is 5.11. The number of nitrogens with zero attached hydrogens (tertiary/aromatic N) is 1. The molecule has 1 unspecified atom stereocenters. The van der Waals surface area contributed by atoms with Gasteiger partial charge < -0.3 is 4.90 Å². The zero-order chi connectivity index (χ0) is 17.8. The Kier molecular flexibility index (Phi) is 3.75. The molecule has 1 heterocycles. The molecule has 1 saturated heterocycles. The highest BCUT2D eigenvalue weighted by Gasteiger charge is 2.46. The third-order valence-electron chi connectivity index (χ3n) is 6.42. The topological polar surface area (TPSA) is 20.3 Å². The predicted octanol–water partition coefficient (Wildman–Crippen LogP) is 4.80. The van der Waals surface area contributed by atoms with E-state index in [1.54, 1.807) is 0 Å². The number of benzene rings is 2. The number of hydrogen-bond donors (Lipinski definition) is 0. The second-order valence-electron chi connectivity index (χ2n) is 8.22. The molecule has 4 rings (SSSR count). The lowest BCUT2D eigenvalue weighted by Gasteiger charge is -2.50. The number of aryl methyl sites for hydroxylation is 3. The molecule has 25 heavy (non-hydrogen) atoms. The van der Waals surface area contributed by atoms with Crippen molar-refractivity contribution < 1.29 is 4.79 Å². The summed E-state index contributed by atoms with van der Waals surface area (Å²) in [6, 6.07) is 14.1. The van der Waals surface area contributed by atoms with Crippen molar-refractivity contribution in [3.8, 4) is 11.1 Å². The summed E-state index contributed by atoms with van der Waals surface area (Å²) in [6.45, 7) is 6.68. The van der Waals surface area contributed by atoms with Crippen LogP contribution in [0.25, 0.3) is 11.1 Å². The molecule has 130 valence electrons. The first kappa shape index (κ1) is 16.4. The number of hydrogen-bond acceptors (Lipinski definition) is 1. The molecule has 0 bridgehead atoms. The van der Waals surface area contributed by atoms with Crippen LogP contribution in [-0.2, 0) is 16.6 Å². The van der Waals surface area contributed by atoms with Crippen LogP contribution in [0.1, 0.15) is 48.4 Å². The quantitative estimate of drug-likeness (QED) is 0.734. The third kappa shape index (κ3) is 2.59. The van der Waals surface area contributed by atoms with Gasteiger partial charge in [0, 0.05) is 24.9 Å². The molecule has 2 atom stereocenters. The minimum absolute atomic E-state index is 0.0945. The number of carbonyl (C=O) groups is 1. The number of likely N-dealkylation sites (N-methyl/N-ethyl adjacent to an activating group) is 1. The zero-order valence-corrected chi connectivity index (χ0v) is 15.7. The first-order chi connectivity index (χ1) is 11.9. The monoisotopic (exact) mass is 333 g/mol. The normalized spacial score (nSPS) is 25.5. The Morgan fingerprint density at radius 3 is 2.44 bits per heavy atom. The van der Waals surface area contributed by atoms with Gasteiger partial charge in [0.1, 0.15) is 0 Å². The molecule has 2 aromatic rings. The fraction of sp³-hybridized carbons (Fsp3) is 0.435. The van der Waals surface area contributed by atoms with Crippen LogP contribution in [-0.4, -0.2) is 23.9 Å². The molecule has 0 radical (unpaired) electrons. The summed E-state index contributed by atoms with van der Waals surface area (Å²) in [5, 5.41) is 0. The van der Waals surface area contributed by atoms with Crippen molar-refractivity contribution in [2.75, 3.05) is 7.05 Å². The van der Waals surface area contributed by atoms with Crippen LogP contribution in [0.4, 0.5) is 0 Å². The molecule has 0 N–H and O–H groups in total. The molecular formula is C23H27NO. The van der Waals surface area contributed by atoms with Gasteiger partial charge in [-0.05, 0) is 55.4 Å². The molecule has 0 aromatic heterocycles. The molecule has 2 heteroatoms. The van der Waals surface area contributed by atoms with Crippen molar-refractivity contribution in [2.24, 2.45) is 0 Å². The molecule has 0 saturated carbocycles. The third-order valence-corrected chi connectivity index (χ3v) is 6.42. The smallest absolute Gasteiger partial charge is 0.222 e. The second-order valence-corrected chi connectivity index (χ2v) is 8.22. The number of fused-ring (bicyclic) bond motifs is 3. The number of piperidine rings is 1. The molecule has 2 aliphatic rings. The van der Waals surface area contributed by atoms with Crippen molar-refractivity contribution in [3.63, 3.8) is 0 Å². The first-order valence-electron chi connectivity index (χ1n) is 9.36. The zero-order valence-electron chi connectivity index (χ0n) is 15.7. The molecular weight excluding hydrogens is 306 g/mol. The van der Waals surface area contributed by atoms with Gasteiger partial charge in [-0.25, -0.2) is 0 Å². The number of rotatable bonds is 1. The largest absolute Gasteiger partial charge is 0.342 e. The average Bonchev–Trinajstić information content (AvgIpc) is 2.57. The van der Waals surface area contributed by atoms with Crippen LogP contribution in [0.2, 0.25) is 0 Å². The van der Waals surface area contributed by atoms with E-state index in [0.717, 1.165) is 19.3 Å². The first-order valence-corrected chi connectivity index (χ1v) is 9.36. The molecule has 1 aliphatic carbocycles. The van der Waals surface area contributed by atoms with Crippen LogP contribution >= 0.6 is 0 Å². The van der Waals surface area contributed by atoms with Gasteiger partial charge in [-0.1, -0.05) is 54.4 Å². The second kappa shape index (κ2) is 5.72. The van der Waals surface area contributed by atoms with E-state index in [1.807, 2.05) is 11.9 Å². The van der Waals surface area contributed by atoms with Gasteiger partial charge in [-0.2, -0.15) is 0 Å². The summed E-state index contributed by atoms with van der Waals surface area (Å²) < 4.78 is 0. The van der Waals surface area contributed by atoms with Crippen LogP contribution < -0.4 is 0 Å². The van der Waals surface area contributed by atoms with Gasteiger partial charge in [0.25, 0.3) is 0 Å². The van der Waals surface area contributed by atoms with Crippen molar-refractivity contribution in [1.82, 2.24) is 4.90 Å². The maximum absolute atomic E-state index is 12.1. The van der Waals surface area contributed by atoms with Gasteiger partial charge in [-0.3, -0.25) is 4.79 Å². The standard InChI is InChI=1S/C23H27NO/c1-15-11-16(2)13-19(12-15)17-5-7-20-18(14-17)6-8-21-23(20,3)10-9-22(25)24(21)4/h5,7,11-14,21H,6,8-10H2,1-4H3/t21?,23-/m1/s1. The van der Waals surface area contributed by atoms with Crippen LogP contribution in [0.15, 0.2) is 36.4 Å². The number of likely N-dealkylation sites (tertiary alicyclic amines) is 1. The van der Waals surface area contributed by atoms with Gasteiger partial charge in [0.15, 0.2) is 0 Å². The average molecular weight is 333 g/mol. The molecule has 1 fully saturated rings. The Morgan fingerprint density at radius 2 is 1.72 bits per heavy atom. The van der Waals surface area contributed by atoms with E-state index in [0.29, 0.717) is 18.4 Å². The number of carbonyl (C=O) groups excluding carboxylic acids is 1. The SMILES string of the molecule is Cc1cc(C)cc(-c2ccc3c(c2)CCC2N(C)C(=O)CC[C@]32C)c1. The van der Waals surface area contributed by atoms with E-state index >= 15 is 0 Å². The van der Waals surface area contributed by atoms with E-state index in [2.05, 4.69) is 57.2 Å². The Bertz CT molecular complexity index is 833. The maximum atomic E-state index is 12.1. The summed E-state index contributed by atoms with van der Waals surface area (Å²) in [7, 11) is 1.99. The fourth-order valence-electron chi connectivity index (χ4n) is 5.11. The van der Waals surface area contributed by atoms with E-state index < -0.39 is 0 Å². The van der Waals surface area contributed by atoms with E-state index in [-0.39, 0.29) is 5.41 Å². The number of amides is 1. The summed E-state index contributed by atoms with van der Waals surface area (Å²) in [5.74, 6) is 0.304. The van der Waals surface area contributed by atoms with Crippen molar-refractivity contribution in [1.29, 1.82) is 0 Å². The summed E-state index contributed by atoms with van der Waals surface area (Å²) in [6.07, 6.45) is 3.77. The highest BCUT2D eigenvalue weighted by Crippen LogP contribution is 2.46. The Labute approximate surface area is 150 Å². The predicted molar refractivity (Wildman–Crippen MR) is 103 cm³/mol. The van der Waals surface area contributed by atoms with E-state index in [1.165, 1.54) is 33.4 Å². The summed E-state index contributed by atoms with van der Waals surface area (Å²) in [4.78, 5) is 14.1. The Hall–Kier alpha value is -2.09. The minimum atomic E-state index is 0.0945. The van der Waals surface area contributed by atoms with Crippen LogP contribution in [0.3, 0.4) is 0 Å². The van der Waals surface area contributed by atoms with Crippen molar-refractivity contribution in [2.45, 2.75) is 57.9 Å². The Balaban J connectivity index is 1.77. The van der Waals surface area contributed by atoms with E-state index in [9.17, 15) is 4.79 Å². The highest BCUT2D eigenvalue weighted by molar-refractivity contribution is 5.78. The molecule has 1 amide bonds.